The average molecular weight is 217 g/mol. The van der Waals surface area contributed by atoms with Crippen LogP contribution in [0.2, 0.25) is 0 Å². The third-order valence-corrected chi connectivity index (χ3v) is 3.56. The SMILES string of the molecule is c1ccc(CONC(C2CC2)C2CC2)cc1. The third-order valence-electron chi connectivity index (χ3n) is 3.56. The molecule has 1 aromatic rings. The van der Waals surface area contributed by atoms with E-state index >= 15 is 0 Å². The summed E-state index contributed by atoms with van der Waals surface area (Å²) in [6.45, 7) is 0.677. The molecule has 16 heavy (non-hydrogen) atoms. The fourth-order valence-electron chi connectivity index (χ4n) is 2.28. The van der Waals surface area contributed by atoms with Crippen LogP contribution >= 0.6 is 0 Å². The van der Waals surface area contributed by atoms with Crippen molar-refractivity contribution in [2.75, 3.05) is 0 Å². The third kappa shape index (κ3) is 2.63. The first-order valence-electron chi connectivity index (χ1n) is 6.35. The Labute approximate surface area is 97.0 Å². The van der Waals surface area contributed by atoms with Crippen LogP contribution in [-0.2, 0) is 11.4 Å². The maximum Gasteiger partial charge on any atom is 0.0933 e. The van der Waals surface area contributed by atoms with Crippen molar-refractivity contribution in [3.63, 3.8) is 0 Å². The molecule has 0 spiro atoms. The molecular formula is C14H19NO. The van der Waals surface area contributed by atoms with Crippen LogP contribution in [-0.4, -0.2) is 6.04 Å². The molecule has 2 heteroatoms. The lowest BCUT2D eigenvalue weighted by atomic mass is 10.1. The second-order valence-electron chi connectivity index (χ2n) is 5.09. The molecule has 0 radical (unpaired) electrons. The number of nitrogens with one attached hydrogen (secondary N) is 1. The molecule has 0 aromatic heterocycles. The van der Waals surface area contributed by atoms with Crippen LogP contribution in [0, 0.1) is 11.8 Å². The van der Waals surface area contributed by atoms with Gasteiger partial charge in [-0.1, -0.05) is 30.3 Å². The molecule has 0 bridgehead atoms. The van der Waals surface area contributed by atoms with Crippen molar-refractivity contribution in [3.05, 3.63) is 35.9 Å². The summed E-state index contributed by atoms with van der Waals surface area (Å²) in [4.78, 5) is 5.63. The highest BCUT2D eigenvalue weighted by molar-refractivity contribution is 5.13. The molecule has 0 heterocycles. The van der Waals surface area contributed by atoms with Crippen LogP contribution in [0.3, 0.4) is 0 Å². The Bertz CT molecular complexity index is 318. The zero-order chi connectivity index (χ0) is 10.8. The first-order chi connectivity index (χ1) is 7.93. The Balaban J connectivity index is 1.45. The zero-order valence-corrected chi connectivity index (χ0v) is 9.56. The van der Waals surface area contributed by atoms with Crippen molar-refractivity contribution in [3.8, 4) is 0 Å². The second-order valence-corrected chi connectivity index (χ2v) is 5.09. The number of hydrogen-bond acceptors (Lipinski definition) is 2. The van der Waals surface area contributed by atoms with E-state index in [0.717, 1.165) is 11.8 Å². The van der Waals surface area contributed by atoms with Crippen molar-refractivity contribution < 1.29 is 4.84 Å². The Hall–Kier alpha value is -0.860. The molecule has 0 aliphatic heterocycles. The quantitative estimate of drug-likeness (QED) is 0.740. The minimum absolute atomic E-state index is 0.628. The van der Waals surface area contributed by atoms with Gasteiger partial charge in [-0.25, -0.2) is 0 Å². The molecule has 0 atom stereocenters. The summed E-state index contributed by atoms with van der Waals surface area (Å²) in [7, 11) is 0. The van der Waals surface area contributed by atoms with Crippen LogP contribution < -0.4 is 5.48 Å². The smallest absolute Gasteiger partial charge is 0.0933 e. The number of benzene rings is 1. The Morgan fingerprint density at radius 3 is 2.25 bits per heavy atom. The van der Waals surface area contributed by atoms with Gasteiger partial charge in [0.25, 0.3) is 0 Å². The second kappa shape index (κ2) is 4.56. The standard InChI is InChI=1S/C14H19NO/c1-2-4-11(5-3-1)10-16-15-14(12-6-7-12)13-8-9-13/h1-5,12-15H,6-10H2. The summed E-state index contributed by atoms with van der Waals surface area (Å²) in [6.07, 6.45) is 5.57. The minimum Gasteiger partial charge on any atom is -0.297 e. The van der Waals surface area contributed by atoms with Crippen molar-refractivity contribution in [1.29, 1.82) is 0 Å². The lowest BCUT2D eigenvalue weighted by Gasteiger charge is -2.17. The molecule has 0 amide bonds. The molecule has 2 nitrogen and oxygen atoms in total. The molecular weight excluding hydrogens is 198 g/mol. The van der Waals surface area contributed by atoms with E-state index in [1.54, 1.807) is 0 Å². The number of rotatable bonds is 6. The van der Waals surface area contributed by atoms with E-state index in [2.05, 4.69) is 29.7 Å². The fourth-order valence-corrected chi connectivity index (χ4v) is 2.28. The first kappa shape index (κ1) is 10.3. The van der Waals surface area contributed by atoms with Gasteiger partial charge in [-0.15, -0.1) is 0 Å². The summed E-state index contributed by atoms with van der Waals surface area (Å²) >= 11 is 0. The van der Waals surface area contributed by atoms with Crippen molar-refractivity contribution >= 4 is 0 Å². The number of hydrogen-bond donors (Lipinski definition) is 1. The van der Waals surface area contributed by atoms with Crippen molar-refractivity contribution in [2.45, 2.75) is 38.3 Å². The van der Waals surface area contributed by atoms with Gasteiger partial charge < -0.3 is 0 Å². The minimum atomic E-state index is 0.628. The Morgan fingerprint density at radius 1 is 1.06 bits per heavy atom. The van der Waals surface area contributed by atoms with Gasteiger partial charge in [0.2, 0.25) is 0 Å². The van der Waals surface area contributed by atoms with Gasteiger partial charge in [0.15, 0.2) is 0 Å². The maximum absolute atomic E-state index is 5.63. The Kier molecular flexibility index (Phi) is 2.94. The van der Waals surface area contributed by atoms with E-state index in [1.165, 1.54) is 31.2 Å². The van der Waals surface area contributed by atoms with Gasteiger partial charge in [-0.2, -0.15) is 5.48 Å². The maximum atomic E-state index is 5.63. The van der Waals surface area contributed by atoms with Gasteiger partial charge in [-0.3, -0.25) is 4.84 Å². The fraction of sp³-hybridized carbons (Fsp3) is 0.571. The van der Waals surface area contributed by atoms with Crippen molar-refractivity contribution in [1.82, 2.24) is 5.48 Å². The Morgan fingerprint density at radius 2 is 1.69 bits per heavy atom. The summed E-state index contributed by atoms with van der Waals surface area (Å²) in [6, 6.07) is 11.0. The van der Waals surface area contributed by atoms with Gasteiger partial charge in [-0.05, 0) is 43.1 Å². The van der Waals surface area contributed by atoms with E-state index in [1.807, 2.05) is 6.07 Å². The predicted octanol–water partition coefficient (Wildman–Crippen LogP) is 2.90. The summed E-state index contributed by atoms with van der Waals surface area (Å²) in [5.41, 5.74) is 4.53. The zero-order valence-electron chi connectivity index (χ0n) is 9.56. The molecule has 86 valence electrons. The van der Waals surface area contributed by atoms with E-state index in [-0.39, 0.29) is 0 Å². The number of hydroxylamine groups is 1. The lowest BCUT2D eigenvalue weighted by Crippen LogP contribution is -2.33. The lowest BCUT2D eigenvalue weighted by molar-refractivity contribution is -0.00689. The molecule has 2 aliphatic carbocycles. The van der Waals surface area contributed by atoms with Crippen LogP contribution in [0.25, 0.3) is 0 Å². The van der Waals surface area contributed by atoms with E-state index in [0.29, 0.717) is 12.6 Å². The molecule has 1 aromatic carbocycles. The topological polar surface area (TPSA) is 21.3 Å². The molecule has 2 aliphatic rings. The molecule has 2 fully saturated rings. The molecule has 2 saturated carbocycles. The monoisotopic (exact) mass is 217 g/mol. The van der Waals surface area contributed by atoms with Gasteiger partial charge in [0, 0.05) is 6.04 Å². The van der Waals surface area contributed by atoms with Crippen LogP contribution in [0.1, 0.15) is 31.2 Å². The molecule has 0 unspecified atom stereocenters. The largest absolute Gasteiger partial charge is 0.297 e. The van der Waals surface area contributed by atoms with Crippen molar-refractivity contribution in [2.24, 2.45) is 11.8 Å². The van der Waals surface area contributed by atoms with Gasteiger partial charge >= 0.3 is 0 Å². The predicted molar refractivity (Wildman–Crippen MR) is 63.6 cm³/mol. The van der Waals surface area contributed by atoms with Crippen LogP contribution in [0.4, 0.5) is 0 Å². The van der Waals surface area contributed by atoms with E-state index in [9.17, 15) is 0 Å². The summed E-state index contributed by atoms with van der Waals surface area (Å²) in [5, 5.41) is 0. The molecule has 3 rings (SSSR count). The highest BCUT2D eigenvalue weighted by Crippen LogP contribution is 2.44. The molecule has 0 saturated heterocycles. The highest BCUT2D eigenvalue weighted by atomic mass is 16.6. The van der Waals surface area contributed by atoms with Gasteiger partial charge in [0.05, 0.1) is 6.61 Å². The average Bonchev–Trinajstić information content (AvgIpc) is 3.17. The van der Waals surface area contributed by atoms with Crippen LogP contribution in [0.5, 0.6) is 0 Å². The highest BCUT2D eigenvalue weighted by Gasteiger charge is 2.41. The van der Waals surface area contributed by atoms with Gasteiger partial charge in [0.1, 0.15) is 0 Å². The summed E-state index contributed by atoms with van der Waals surface area (Å²) in [5.74, 6) is 1.78. The van der Waals surface area contributed by atoms with E-state index < -0.39 is 0 Å². The van der Waals surface area contributed by atoms with E-state index in [4.69, 9.17) is 4.84 Å². The summed E-state index contributed by atoms with van der Waals surface area (Å²) < 4.78 is 0. The normalized spacial score (nSPS) is 20.3. The molecule has 1 N–H and O–H groups in total. The first-order valence-corrected chi connectivity index (χ1v) is 6.35. The van der Waals surface area contributed by atoms with Crippen LogP contribution in [0.15, 0.2) is 30.3 Å².